The number of sulfonamides is 1. The van der Waals surface area contributed by atoms with Crippen LogP contribution in [0.2, 0.25) is 0 Å². The molecule has 230 valence electrons. The van der Waals surface area contributed by atoms with E-state index >= 15 is 0 Å². The van der Waals surface area contributed by atoms with Gasteiger partial charge in [0.1, 0.15) is 6.04 Å². The number of aryl methyl sites for hydroxylation is 4. The number of rotatable bonds is 8. The van der Waals surface area contributed by atoms with Crippen LogP contribution in [0.3, 0.4) is 0 Å². The van der Waals surface area contributed by atoms with Crippen molar-refractivity contribution in [3.05, 3.63) is 69.3 Å². The van der Waals surface area contributed by atoms with Gasteiger partial charge >= 0.3 is 0 Å². The average molecular weight is 597 g/mol. The highest BCUT2D eigenvalue weighted by molar-refractivity contribution is 7.88. The summed E-state index contributed by atoms with van der Waals surface area (Å²) < 4.78 is 29.0. The van der Waals surface area contributed by atoms with Gasteiger partial charge in [-0.05, 0) is 108 Å². The number of hydrogen-bond donors (Lipinski definition) is 3. The van der Waals surface area contributed by atoms with Crippen molar-refractivity contribution in [1.82, 2.24) is 20.3 Å². The van der Waals surface area contributed by atoms with Gasteiger partial charge < -0.3 is 16.0 Å². The van der Waals surface area contributed by atoms with Crippen LogP contribution in [0.1, 0.15) is 98.9 Å². The Bertz CT molecular complexity index is 1440. The van der Waals surface area contributed by atoms with Crippen LogP contribution in [0.15, 0.2) is 30.3 Å². The van der Waals surface area contributed by atoms with Crippen LogP contribution in [0.5, 0.6) is 0 Å². The fraction of sp³-hybridized carbons (Fsp3) is 0.576. The Kier molecular flexibility index (Phi) is 9.26. The first-order chi connectivity index (χ1) is 19.4. The van der Waals surface area contributed by atoms with Crippen molar-refractivity contribution >= 4 is 21.8 Å². The first-order valence-corrected chi connectivity index (χ1v) is 16.6. The molecule has 1 aliphatic carbocycles. The van der Waals surface area contributed by atoms with E-state index in [9.17, 15) is 18.0 Å². The third-order valence-electron chi connectivity index (χ3n) is 8.25. The molecule has 1 fully saturated rings. The summed E-state index contributed by atoms with van der Waals surface area (Å²) in [6, 6.07) is 9.08. The van der Waals surface area contributed by atoms with Crippen molar-refractivity contribution in [2.75, 3.05) is 6.54 Å². The van der Waals surface area contributed by atoms with Crippen LogP contribution in [-0.4, -0.2) is 48.2 Å². The number of piperazine rings is 1. The maximum absolute atomic E-state index is 13.9. The van der Waals surface area contributed by atoms with Gasteiger partial charge in [-0.25, -0.2) is 8.42 Å². The molecular weight excluding hydrogens is 548 g/mol. The summed E-state index contributed by atoms with van der Waals surface area (Å²) in [5.74, 6) is -0.981. The molecule has 2 aromatic carbocycles. The lowest BCUT2D eigenvalue weighted by Crippen LogP contribution is -2.66. The number of carbonyl (C=O) groups excluding carboxylic acids is 2. The molecular formula is C33H48N4O4S. The van der Waals surface area contributed by atoms with E-state index in [0.717, 1.165) is 53.6 Å². The van der Waals surface area contributed by atoms with Gasteiger partial charge in [0.2, 0.25) is 21.8 Å². The maximum Gasteiger partial charge on any atom is 0.239 e. The lowest BCUT2D eigenvalue weighted by molar-refractivity contribution is -0.134. The number of nitrogens with zero attached hydrogens (tertiary/aromatic N) is 1. The Morgan fingerprint density at radius 1 is 1.10 bits per heavy atom. The monoisotopic (exact) mass is 596 g/mol. The number of carbonyl (C=O) groups is 2. The zero-order valence-corrected chi connectivity index (χ0v) is 27.3. The Morgan fingerprint density at radius 3 is 2.40 bits per heavy atom. The molecule has 0 radical (unpaired) electrons. The molecule has 1 heterocycles. The molecule has 1 aliphatic heterocycles. The number of benzene rings is 2. The van der Waals surface area contributed by atoms with Crippen molar-refractivity contribution < 1.29 is 18.0 Å². The third kappa shape index (κ3) is 7.79. The standard InChI is InChI=1S/C33H48N4O4S/c1-21-14-22(2)27(23(3)15-21)19-42(40,41)37-20-33(7,8)36-31(39)29(37)17-30(38)35-28-11-9-10-25-16-24(12-13-26(25)28)18-34-32(4,5)6/h12-16,28-29,34H,9-11,17-20H2,1-8H3,(H,35,38)(H,36,39)/t28-,29+/m0/s1. The zero-order valence-electron chi connectivity index (χ0n) is 26.5. The number of nitrogens with one attached hydrogen (secondary N) is 3. The molecule has 0 spiro atoms. The van der Waals surface area contributed by atoms with Crippen LogP contribution in [0.4, 0.5) is 0 Å². The lowest BCUT2D eigenvalue weighted by atomic mass is 9.86. The van der Waals surface area contributed by atoms with E-state index in [2.05, 4.69) is 54.9 Å². The van der Waals surface area contributed by atoms with Gasteiger partial charge in [-0.3, -0.25) is 9.59 Å². The van der Waals surface area contributed by atoms with Gasteiger partial charge in [-0.1, -0.05) is 35.9 Å². The van der Waals surface area contributed by atoms with E-state index in [4.69, 9.17) is 0 Å². The van der Waals surface area contributed by atoms with E-state index < -0.39 is 27.5 Å². The van der Waals surface area contributed by atoms with Crippen molar-refractivity contribution in [3.63, 3.8) is 0 Å². The van der Waals surface area contributed by atoms with Gasteiger partial charge in [0.15, 0.2) is 0 Å². The molecule has 2 atom stereocenters. The number of hydrogen-bond acceptors (Lipinski definition) is 5. The average Bonchev–Trinajstić information content (AvgIpc) is 2.85. The molecule has 0 saturated carbocycles. The summed E-state index contributed by atoms with van der Waals surface area (Å²) in [5, 5.41) is 9.58. The second-order valence-corrected chi connectivity index (χ2v) is 15.8. The molecule has 2 aromatic rings. The molecule has 0 aromatic heterocycles. The molecule has 3 N–H and O–H groups in total. The minimum atomic E-state index is -3.91. The van der Waals surface area contributed by atoms with Crippen molar-refractivity contribution in [2.45, 2.75) is 117 Å². The summed E-state index contributed by atoms with van der Waals surface area (Å²) in [5.41, 5.74) is 6.41. The highest BCUT2D eigenvalue weighted by Gasteiger charge is 2.45. The van der Waals surface area contributed by atoms with Gasteiger partial charge in [-0.15, -0.1) is 0 Å². The van der Waals surface area contributed by atoms with E-state index in [1.165, 1.54) is 15.4 Å². The smallest absolute Gasteiger partial charge is 0.239 e. The molecule has 4 rings (SSSR count). The minimum absolute atomic E-state index is 0.0200. The lowest BCUT2D eigenvalue weighted by Gasteiger charge is -2.42. The molecule has 0 bridgehead atoms. The van der Waals surface area contributed by atoms with Crippen molar-refractivity contribution in [3.8, 4) is 0 Å². The first-order valence-electron chi connectivity index (χ1n) is 15.0. The van der Waals surface area contributed by atoms with Crippen molar-refractivity contribution in [1.29, 1.82) is 0 Å². The van der Waals surface area contributed by atoms with E-state index in [0.29, 0.717) is 0 Å². The fourth-order valence-corrected chi connectivity index (χ4v) is 8.26. The van der Waals surface area contributed by atoms with Crippen LogP contribution in [0, 0.1) is 20.8 Å². The maximum atomic E-state index is 13.9. The molecule has 9 heteroatoms. The summed E-state index contributed by atoms with van der Waals surface area (Å²) in [7, 11) is -3.91. The van der Waals surface area contributed by atoms with Gasteiger partial charge in [0, 0.05) is 24.2 Å². The van der Waals surface area contributed by atoms with Crippen LogP contribution in [-0.2, 0) is 38.3 Å². The highest BCUT2D eigenvalue weighted by Crippen LogP contribution is 2.32. The Hall–Kier alpha value is -2.75. The second-order valence-electron chi connectivity index (χ2n) is 13.9. The largest absolute Gasteiger partial charge is 0.349 e. The Balaban J connectivity index is 1.52. The van der Waals surface area contributed by atoms with Gasteiger partial charge in [0.05, 0.1) is 18.2 Å². The molecule has 1 saturated heterocycles. The van der Waals surface area contributed by atoms with E-state index in [-0.39, 0.29) is 36.2 Å². The molecule has 2 amide bonds. The van der Waals surface area contributed by atoms with Crippen molar-refractivity contribution in [2.24, 2.45) is 0 Å². The van der Waals surface area contributed by atoms with Crippen LogP contribution < -0.4 is 16.0 Å². The summed E-state index contributed by atoms with van der Waals surface area (Å²) >= 11 is 0. The van der Waals surface area contributed by atoms with Gasteiger partial charge in [0.25, 0.3) is 0 Å². The quantitative estimate of drug-likeness (QED) is 0.416. The van der Waals surface area contributed by atoms with Crippen LogP contribution in [0.25, 0.3) is 0 Å². The summed E-state index contributed by atoms with van der Waals surface area (Å²) in [6.07, 6.45) is 2.47. The topological polar surface area (TPSA) is 108 Å². The third-order valence-corrected chi connectivity index (χ3v) is 10.00. The van der Waals surface area contributed by atoms with E-state index in [1.807, 2.05) is 32.9 Å². The normalized spacial score (nSPS) is 21.0. The minimum Gasteiger partial charge on any atom is -0.349 e. The predicted molar refractivity (Wildman–Crippen MR) is 167 cm³/mol. The molecule has 2 aliphatic rings. The first kappa shape index (κ1) is 32.2. The van der Waals surface area contributed by atoms with Gasteiger partial charge in [-0.2, -0.15) is 4.31 Å². The fourth-order valence-electron chi connectivity index (χ4n) is 6.20. The molecule has 0 unspecified atom stereocenters. The number of fused-ring (bicyclic) bond motifs is 1. The summed E-state index contributed by atoms with van der Waals surface area (Å²) in [6.45, 7) is 16.7. The number of amides is 2. The zero-order chi connectivity index (χ0) is 31.0. The molecule has 8 nitrogen and oxygen atoms in total. The predicted octanol–water partition coefficient (Wildman–Crippen LogP) is 4.49. The summed E-state index contributed by atoms with van der Waals surface area (Å²) in [4.78, 5) is 26.7. The Morgan fingerprint density at radius 2 is 1.76 bits per heavy atom. The Labute approximate surface area is 252 Å². The second kappa shape index (κ2) is 12.1. The SMILES string of the molecule is Cc1cc(C)c(CS(=O)(=O)N2CC(C)(C)NC(=O)[C@H]2CC(=O)N[C@H]2CCCc3cc(CNC(C)(C)C)ccc32)c(C)c1. The highest BCUT2D eigenvalue weighted by atomic mass is 32.2. The molecule has 42 heavy (non-hydrogen) atoms. The van der Waals surface area contributed by atoms with E-state index in [1.54, 1.807) is 13.8 Å². The van der Waals surface area contributed by atoms with Crippen LogP contribution >= 0.6 is 0 Å².